The molecule has 3 rings (SSSR count). The first-order valence-electron chi connectivity index (χ1n) is 6.97. The van der Waals surface area contributed by atoms with Gasteiger partial charge in [-0.3, -0.25) is 0 Å². The van der Waals surface area contributed by atoms with Crippen LogP contribution in [-0.4, -0.2) is 25.5 Å². The molecule has 0 unspecified atom stereocenters. The molecule has 0 saturated carbocycles. The molecule has 7 heteroatoms. The van der Waals surface area contributed by atoms with Crippen molar-refractivity contribution < 1.29 is 0 Å². The summed E-state index contributed by atoms with van der Waals surface area (Å²) in [4.78, 5) is 10.9. The minimum atomic E-state index is 0.796. The molecule has 1 aromatic carbocycles. The monoisotopic (exact) mass is 377 g/mol. The lowest BCUT2D eigenvalue weighted by Gasteiger charge is -2.22. The minimum Gasteiger partial charge on any atom is -0.341 e. The van der Waals surface area contributed by atoms with Gasteiger partial charge in [0.05, 0.1) is 6.33 Å². The van der Waals surface area contributed by atoms with Crippen molar-refractivity contribution in [1.82, 2.24) is 18.9 Å². The van der Waals surface area contributed by atoms with Crippen molar-refractivity contribution in [2.45, 2.75) is 20.0 Å². The number of benzene rings is 1. The Bertz CT molecular complexity index is 725. The fourth-order valence-electron chi connectivity index (χ4n) is 2.14. The number of aryl methyl sites for hydroxylation is 1. The van der Waals surface area contributed by atoms with Gasteiger partial charge in [0, 0.05) is 48.0 Å². The molecule has 0 N–H and O–H groups in total. The summed E-state index contributed by atoms with van der Waals surface area (Å²) in [5.74, 6) is 0.819. The zero-order valence-electron chi connectivity index (χ0n) is 12.2. The van der Waals surface area contributed by atoms with Crippen LogP contribution in [0.25, 0.3) is 0 Å². The van der Waals surface area contributed by atoms with Crippen molar-refractivity contribution in [1.29, 1.82) is 0 Å². The van der Waals surface area contributed by atoms with E-state index in [1.54, 1.807) is 6.20 Å². The normalized spacial score (nSPS) is 10.8. The highest BCUT2D eigenvalue weighted by atomic mass is 79.9. The molecule has 0 atom stereocenters. The standard InChI is InChI=1S/C15H16BrN5S/c1-12-18-15(22-19-12)21(9-8-20-7-6-17-11-20)10-13-4-2-3-5-14(13)16/h2-7,11H,8-10H2,1H3. The summed E-state index contributed by atoms with van der Waals surface area (Å²) < 4.78 is 7.49. The Balaban J connectivity index is 1.78. The van der Waals surface area contributed by atoms with Crippen LogP contribution < -0.4 is 4.90 Å². The molecule has 3 aromatic rings. The maximum absolute atomic E-state index is 4.53. The zero-order chi connectivity index (χ0) is 15.4. The second-order valence-corrected chi connectivity index (χ2v) is 6.52. The van der Waals surface area contributed by atoms with Crippen LogP contribution in [0.5, 0.6) is 0 Å². The molecule has 22 heavy (non-hydrogen) atoms. The van der Waals surface area contributed by atoms with Gasteiger partial charge in [-0.05, 0) is 18.6 Å². The van der Waals surface area contributed by atoms with Crippen LogP contribution in [0, 0.1) is 6.92 Å². The van der Waals surface area contributed by atoms with Crippen LogP contribution in [0.1, 0.15) is 11.4 Å². The first-order valence-corrected chi connectivity index (χ1v) is 8.53. The van der Waals surface area contributed by atoms with Crippen molar-refractivity contribution in [2.75, 3.05) is 11.4 Å². The van der Waals surface area contributed by atoms with Crippen molar-refractivity contribution in [3.63, 3.8) is 0 Å². The topological polar surface area (TPSA) is 46.8 Å². The summed E-state index contributed by atoms with van der Waals surface area (Å²) in [5, 5.41) is 0.952. The van der Waals surface area contributed by atoms with Gasteiger partial charge in [-0.2, -0.15) is 4.37 Å². The Morgan fingerprint density at radius 1 is 1.32 bits per heavy atom. The fourth-order valence-corrected chi connectivity index (χ4v) is 3.25. The van der Waals surface area contributed by atoms with Gasteiger partial charge >= 0.3 is 0 Å². The summed E-state index contributed by atoms with van der Waals surface area (Å²) in [6.07, 6.45) is 5.61. The van der Waals surface area contributed by atoms with E-state index in [0.717, 1.165) is 35.1 Å². The summed E-state index contributed by atoms with van der Waals surface area (Å²) in [6.45, 7) is 4.44. The smallest absolute Gasteiger partial charge is 0.205 e. The fraction of sp³-hybridized carbons (Fsp3) is 0.267. The van der Waals surface area contributed by atoms with Gasteiger partial charge in [0.25, 0.3) is 0 Å². The van der Waals surface area contributed by atoms with Crippen LogP contribution in [0.4, 0.5) is 5.13 Å². The van der Waals surface area contributed by atoms with Crippen LogP contribution in [0.3, 0.4) is 0 Å². The predicted molar refractivity (Wildman–Crippen MR) is 92.1 cm³/mol. The molecule has 0 radical (unpaired) electrons. The van der Waals surface area contributed by atoms with E-state index >= 15 is 0 Å². The lowest BCUT2D eigenvalue weighted by Crippen LogP contribution is -2.26. The number of nitrogens with zero attached hydrogens (tertiary/aromatic N) is 5. The Hall–Kier alpha value is -1.73. The number of anilines is 1. The Morgan fingerprint density at radius 3 is 2.86 bits per heavy atom. The average Bonchev–Trinajstić information content (AvgIpc) is 3.17. The number of hydrogen-bond acceptors (Lipinski definition) is 5. The highest BCUT2D eigenvalue weighted by Gasteiger charge is 2.13. The van der Waals surface area contributed by atoms with E-state index in [1.165, 1.54) is 17.1 Å². The lowest BCUT2D eigenvalue weighted by molar-refractivity contribution is 0.652. The van der Waals surface area contributed by atoms with E-state index in [1.807, 2.05) is 25.5 Å². The number of aromatic nitrogens is 4. The van der Waals surface area contributed by atoms with Gasteiger partial charge < -0.3 is 9.47 Å². The molecule has 0 fully saturated rings. The molecule has 0 spiro atoms. The third-order valence-corrected chi connectivity index (χ3v) is 4.94. The molecule has 0 aliphatic heterocycles. The van der Waals surface area contributed by atoms with E-state index < -0.39 is 0 Å². The Morgan fingerprint density at radius 2 is 2.18 bits per heavy atom. The molecular weight excluding hydrogens is 362 g/mol. The Kier molecular flexibility index (Phi) is 4.84. The molecule has 0 bridgehead atoms. The van der Waals surface area contributed by atoms with Crippen LogP contribution in [0.2, 0.25) is 0 Å². The van der Waals surface area contributed by atoms with E-state index in [-0.39, 0.29) is 0 Å². The number of imidazole rings is 1. The largest absolute Gasteiger partial charge is 0.341 e. The van der Waals surface area contributed by atoms with Crippen LogP contribution >= 0.6 is 27.5 Å². The molecule has 0 saturated heterocycles. The highest BCUT2D eigenvalue weighted by molar-refractivity contribution is 9.10. The number of halogens is 1. The van der Waals surface area contributed by atoms with Crippen molar-refractivity contribution in [3.05, 3.63) is 58.8 Å². The SMILES string of the molecule is Cc1nsc(N(CCn2ccnc2)Cc2ccccc2Br)n1. The maximum atomic E-state index is 4.53. The first-order chi connectivity index (χ1) is 10.7. The van der Waals surface area contributed by atoms with E-state index in [9.17, 15) is 0 Å². The average molecular weight is 378 g/mol. The third-order valence-electron chi connectivity index (χ3n) is 3.29. The predicted octanol–water partition coefficient (Wildman–Crippen LogP) is 3.51. The molecule has 2 aromatic heterocycles. The van der Waals surface area contributed by atoms with Crippen LogP contribution in [0.15, 0.2) is 47.5 Å². The summed E-state index contributed by atoms with van der Waals surface area (Å²) in [5.41, 5.74) is 1.24. The first kappa shape index (κ1) is 15.2. The molecular formula is C15H16BrN5S. The molecule has 114 valence electrons. The second kappa shape index (κ2) is 7.02. The van der Waals surface area contributed by atoms with Gasteiger partial charge in [-0.1, -0.05) is 34.1 Å². The minimum absolute atomic E-state index is 0.796. The van der Waals surface area contributed by atoms with Crippen molar-refractivity contribution >= 4 is 32.6 Å². The molecule has 0 aliphatic carbocycles. The lowest BCUT2D eigenvalue weighted by atomic mass is 10.2. The quantitative estimate of drug-likeness (QED) is 0.659. The molecule has 5 nitrogen and oxygen atoms in total. The molecule has 2 heterocycles. The number of rotatable bonds is 6. The summed E-state index contributed by atoms with van der Waals surface area (Å²) in [7, 11) is 0. The summed E-state index contributed by atoms with van der Waals surface area (Å²) in [6, 6.07) is 8.27. The van der Waals surface area contributed by atoms with Gasteiger partial charge in [0.1, 0.15) is 5.82 Å². The maximum Gasteiger partial charge on any atom is 0.205 e. The number of hydrogen-bond donors (Lipinski definition) is 0. The summed E-state index contributed by atoms with van der Waals surface area (Å²) >= 11 is 5.06. The van der Waals surface area contributed by atoms with E-state index in [2.05, 4.69) is 57.9 Å². The second-order valence-electron chi connectivity index (χ2n) is 4.94. The zero-order valence-corrected chi connectivity index (χ0v) is 14.6. The van der Waals surface area contributed by atoms with Gasteiger partial charge in [-0.25, -0.2) is 9.97 Å². The van der Waals surface area contributed by atoms with Gasteiger partial charge in [0.2, 0.25) is 5.13 Å². The molecule has 0 aliphatic rings. The third kappa shape index (κ3) is 3.72. The van der Waals surface area contributed by atoms with Gasteiger partial charge in [-0.15, -0.1) is 0 Å². The molecule has 0 amide bonds. The van der Waals surface area contributed by atoms with E-state index in [4.69, 9.17) is 0 Å². The van der Waals surface area contributed by atoms with Crippen molar-refractivity contribution in [2.24, 2.45) is 0 Å². The Labute approximate surface area is 141 Å². The van der Waals surface area contributed by atoms with Crippen molar-refractivity contribution in [3.8, 4) is 0 Å². The van der Waals surface area contributed by atoms with Crippen LogP contribution in [-0.2, 0) is 13.1 Å². The van der Waals surface area contributed by atoms with E-state index in [0.29, 0.717) is 0 Å². The highest BCUT2D eigenvalue weighted by Crippen LogP contribution is 2.23. The van der Waals surface area contributed by atoms with Gasteiger partial charge in [0.15, 0.2) is 0 Å².